The molecule has 1 saturated heterocycles. The van der Waals surface area contributed by atoms with Gasteiger partial charge in [-0.3, -0.25) is 28.0 Å². The smallest absolute Gasteiger partial charge is 0.491 e. The minimum atomic E-state index is -5.60. The zero-order valence-electron chi connectivity index (χ0n) is 43.4. The van der Waals surface area contributed by atoms with Crippen LogP contribution in [0, 0.1) is 25.7 Å². The lowest BCUT2D eigenvalue weighted by molar-refractivity contribution is -0.362. The van der Waals surface area contributed by atoms with Crippen molar-refractivity contribution in [3.63, 3.8) is 0 Å². The fraction of sp³-hybridized carbons (Fsp3) is 0.455. The molecule has 5 unspecified atom stereocenters. The topological polar surface area (TPSA) is 427 Å². The molecule has 0 spiro atoms. The number of nitrogen functional groups attached to an aromatic ring is 1. The molecule has 81 heavy (non-hydrogen) atoms. The average molecular weight is 1200 g/mol. The van der Waals surface area contributed by atoms with Gasteiger partial charge in [0.1, 0.15) is 55.3 Å². The van der Waals surface area contributed by atoms with Crippen LogP contribution in [0.25, 0.3) is 27.0 Å². The Hall–Kier alpha value is -6.87. The summed E-state index contributed by atoms with van der Waals surface area (Å²) in [4.78, 5) is 88.8. The third-order valence-electron chi connectivity index (χ3n) is 11.8. The molecule has 5 heterocycles. The first kappa shape index (κ1) is 63.3. The number of ketones is 1. The van der Waals surface area contributed by atoms with E-state index < -0.39 is 92.3 Å². The number of halogens is 2. The number of benzene rings is 1. The molecule has 1 aromatic carbocycles. The molecule has 436 valence electrons. The van der Waals surface area contributed by atoms with Gasteiger partial charge in [-0.15, -0.1) is 0 Å². The van der Waals surface area contributed by atoms with Gasteiger partial charge in [0.2, 0.25) is 5.91 Å². The van der Waals surface area contributed by atoms with Crippen molar-refractivity contribution in [1.29, 1.82) is 0 Å². The maximum absolute atomic E-state index is 15.7. The van der Waals surface area contributed by atoms with Crippen LogP contribution in [0.5, 0.6) is 5.75 Å². The molecule has 0 bridgehead atoms. The number of rotatable bonds is 30. The highest BCUT2D eigenvalue weighted by Gasteiger charge is 2.52. The Labute approximate surface area is 459 Å². The molecule has 6 rings (SSSR count). The summed E-state index contributed by atoms with van der Waals surface area (Å²) in [5.41, 5.74) is 25.4. The molecule has 37 heteroatoms. The van der Waals surface area contributed by atoms with Gasteiger partial charge in [-0.1, -0.05) is 28.1 Å². The number of nitrogens with zero attached hydrogens (tertiary/aromatic N) is 10. The fourth-order valence-corrected chi connectivity index (χ4v) is 11.8. The Balaban J connectivity index is 0.882. The second kappa shape index (κ2) is 28.2. The molecule has 1 fully saturated rings. The summed E-state index contributed by atoms with van der Waals surface area (Å²) in [6.07, 6.45) is 1.75. The van der Waals surface area contributed by atoms with Gasteiger partial charge in [0.05, 0.1) is 38.0 Å². The number of nitrogens with one attached hydrogen (secondary N) is 2. The molecular formula is C44H55BF2N13O18P3. The Morgan fingerprint density at radius 1 is 1.07 bits per heavy atom. The van der Waals surface area contributed by atoms with Crippen molar-refractivity contribution in [3.05, 3.63) is 114 Å². The first-order valence-corrected chi connectivity index (χ1v) is 29.3. The summed E-state index contributed by atoms with van der Waals surface area (Å²) >= 11 is 0. The van der Waals surface area contributed by atoms with E-state index in [2.05, 4.69) is 56.1 Å². The van der Waals surface area contributed by atoms with Crippen LogP contribution < -0.4 is 26.8 Å². The third-order valence-corrected chi connectivity index (χ3v) is 15.9. The highest BCUT2D eigenvalue weighted by Crippen LogP contribution is 2.66. The van der Waals surface area contributed by atoms with Gasteiger partial charge in [-0.05, 0) is 66.9 Å². The fourth-order valence-electron chi connectivity index (χ4n) is 8.35. The molecule has 31 nitrogen and oxygen atoms in total. The summed E-state index contributed by atoms with van der Waals surface area (Å²) in [6, 6.07) is 7.85. The Bertz CT molecular complexity index is 3350. The largest absolute Gasteiger partial charge is 0.737 e. The van der Waals surface area contributed by atoms with Crippen LogP contribution in [-0.2, 0) is 55.4 Å². The van der Waals surface area contributed by atoms with Crippen molar-refractivity contribution in [2.24, 2.45) is 10.2 Å². The molecule has 7 N–H and O–H groups in total. The van der Waals surface area contributed by atoms with Gasteiger partial charge in [-0.2, -0.15) is 9.29 Å². The van der Waals surface area contributed by atoms with E-state index in [-0.39, 0.29) is 87.1 Å². The summed E-state index contributed by atoms with van der Waals surface area (Å²) in [5.74, 6) is 4.05. The predicted molar refractivity (Wildman–Crippen MR) is 281 cm³/mol. The number of hydrogen-bond acceptors (Lipinski definition) is 19. The lowest BCUT2D eigenvalue weighted by Crippen LogP contribution is -2.50. The molecule has 3 aliphatic rings. The quantitative estimate of drug-likeness (QED) is 0.0101. The zero-order chi connectivity index (χ0) is 59.1. The number of ether oxygens (including phenoxy) is 5. The maximum Gasteiger partial charge on any atom is 0.737 e. The normalized spacial score (nSPS) is 19.4. The van der Waals surface area contributed by atoms with Crippen molar-refractivity contribution in [1.82, 2.24) is 24.7 Å². The number of phosphoric ester groups is 1. The van der Waals surface area contributed by atoms with Crippen LogP contribution >= 0.6 is 23.2 Å². The third kappa shape index (κ3) is 18.3. The number of carbonyl (C=O) groups is 3. The van der Waals surface area contributed by atoms with Gasteiger partial charge in [0.15, 0.2) is 11.9 Å². The Kier molecular flexibility index (Phi) is 22.1. The number of carbonyl (C=O) groups excluding carboxylic acids is 3. The second-order valence-corrected chi connectivity index (χ2v) is 22.9. The van der Waals surface area contributed by atoms with Gasteiger partial charge >= 0.3 is 35.9 Å². The number of aryl methyl sites for hydroxylation is 2. The van der Waals surface area contributed by atoms with Gasteiger partial charge < -0.3 is 72.3 Å². The zero-order valence-corrected chi connectivity index (χ0v) is 46.1. The van der Waals surface area contributed by atoms with Gasteiger partial charge in [0, 0.05) is 84.4 Å². The first-order chi connectivity index (χ1) is 38.3. The van der Waals surface area contributed by atoms with Crippen LogP contribution in [0.15, 0.2) is 69.4 Å². The Morgan fingerprint density at radius 2 is 1.85 bits per heavy atom. The summed E-state index contributed by atoms with van der Waals surface area (Å²) < 4.78 is 111. The number of anilines is 1. The molecule has 0 saturated carbocycles. The highest BCUT2D eigenvalue weighted by atomic mass is 31.3. The second-order valence-electron chi connectivity index (χ2n) is 17.8. The standard InChI is InChI=1S/C44H55BF2N13O18P3/c1-28-19-29(2)59-36(28)21-33-12-11-32(60(33)45(59,46)47)13-14-34(61)9-6-16-52-43(63)30-7-4-10-35(20-30)73-26-40(55-57-50)72-18-17-71-25-39(62)51-15-5-8-31-23-58(44(64)54-42(31)48)41-22-37(74-27-53-56-49)38(76-41)24-75-80(67,68)78-81(69,70)77-79(3,65)66/h4,7,10-12,19-21,23,37-38,40-41H,6,9,13-18,22,24-27H2,1-3H3,(H,51,62)(H,52,63)(H,65,66)(H,67,68)(H,69,70)(H2,48,54,64)/t37?,38-,40?,41-/m1/s1. The number of fused-ring (bicyclic) bond motifs is 2. The van der Waals surface area contributed by atoms with E-state index in [0.717, 1.165) is 25.3 Å². The lowest BCUT2D eigenvalue weighted by atomic mass is 9.90. The number of azide groups is 2. The van der Waals surface area contributed by atoms with Crippen LogP contribution in [0.4, 0.5) is 14.4 Å². The summed E-state index contributed by atoms with van der Waals surface area (Å²) in [5, 5.41) is 12.0. The van der Waals surface area contributed by atoms with Crippen LogP contribution in [-0.4, -0.2) is 141 Å². The van der Waals surface area contributed by atoms with E-state index in [1.165, 1.54) is 6.07 Å². The van der Waals surface area contributed by atoms with Crippen LogP contribution in [0.3, 0.4) is 0 Å². The molecule has 7 atom stereocenters. The van der Waals surface area contributed by atoms with Crippen molar-refractivity contribution >= 4 is 65.4 Å². The van der Waals surface area contributed by atoms with E-state index in [4.69, 9.17) is 45.0 Å². The predicted octanol–water partition coefficient (Wildman–Crippen LogP) is 4.63. The molecule has 0 aliphatic carbocycles. The molecule has 3 aromatic rings. The number of allylic oxidation sites excluding steroid dienone is 2. The Morgan fingerprint density at radius 3 is 2.59 bits per heavy atom. The number of nitrogens with two attached hydrogens (primary N) is 1. The van der Waals surface area contributed by atoms with Crippen LogP contribution in [0.1, 0.15) is 71.2 Å². The number of phosphoric acid groups is 2. The van der Waals surface area contributed by atoms with Crippen molar-refractivity contribution in [3.8, 4) is 17.6 Å². The van der Waals surface area contributed by atoms with Crippen molar-refractivity contribution in [2.75, 3.05) is 65.3 Å². The molecule has 2 aromatic heterocycles. The molecule has 2 amide bonds. The van der Waals surface area contributed by atoms with E-state index in [1.807, 2.05) is 0 Å². The number of hydrogen-bond donors (Lipinski definition) is 6. The number of amides is 2. The van der Waals surface area contributed by atoms with Gasteiger partial charge in [0.25, 0.3) is 5.91 Å². The van der Waals surface area contributed by atoms with Gasteiger partial charge in [-0.25, -0.2) is 18.2 Å². The maximum atomic E-state index is 15.7. The van der Waals surface area contributed by atoms with Crippen molar-refractivity contribution < 1.29 is 92.7 Å². The molecular weight excluding hydrogens is 1140 g/mol. The monoisotopic (exact) mass is 1200 g/mol. The summed E-state index contributed by atoms with van der Waals surface area (Å²) in [6.45, 7) is -2.71. The summed E-state index contributed by atoms with van der Waals surface area (Å²) in [7, 11) is -15.7. The minimum Gasteiger partial charge on any atom is -0.491 e. The lowest BCUT2D eigenvalue weighted by Gasteiger charge is -2.30. The minimum absolute atomic E-state index is 0.00662. The van der Waals surface area contributed by atoms with E-state index in [0.29, 0.717) is 35.9 Å². The van der Waals surface area contributed by atoms with E-state index in [9.17, 15) is 47.6 Å². The van der Waals surface area contributed by atoms with Crippen LogP contribution in [0.2, 0.25) is 0 Å². The van der Waals surface area contributed by atoms with E-state index >= 15 is 8.63 Å². The average Bonchev–Trinajstić information content (AvgIpc) is 2.95. The highest BCUT2D eigenvalue weighted by molar-refractivity contribution is 7.68. The molecule has 0 radical (unpaired) electrons. The SMILES string of the molecule is Cc1cc(C)n2c1C=C1C=CC(CCC(=O)CCCNC(=O)c3cccc(OCC(N=[N+]=[N-])OCCOCC(=O)NCC#Cc4cn([C@H]5CC(OCN=[N+]=[N-])[C@@H](COP(=O)(O)OP(=O)(O)OP(C)(=O)O)O5)c(=O)nc4N)c3)=[N+]1[B-]2(F)F. The van der Waals surface area contributed by atoms with Crippen molar-refractivity contribution in [2.45, 2.75) is 70.6 Å². The number of aromatic nitrogens is 3. The first-order valence-electron chi connectivity index (χ1n) is 24.3. The van der Waals surface area contributed by atoms with E-state index in [1.54, 1.807) is 56.3 Å². The number of Topliss-reactive ketones (excluding diaryl/α,β-unsaturated/α-hetero) is 1. The molecule has 3 aliphatic heterocycles.